The number of aromatic nitrogens is 3. The van der Waals surface area contributed by atoms with Crippen molar-refractivity contribution in [3.8, 4) is 5.69 Å². The highest BCUT2D eigenvalue weighted by Gasteiger charge is 2.25. The number of para-hydroxylation sites is 1. The molecule has 1 aliphatic rings. The molecule has 178 valence electrons. The standard InChI is InChI=1S/C21H21Cl2N7O3S/c1-25-34(33)11-9-29(10-12-34)21(32)13-5-7-14(8-6-13)26-20-17(19(24)31)27-30(28-20)18-15(22)3-2-4-16(18)23/h2-8H,9-12H2,1H3,(H2,24,31)(H,26,28). The van der Waals surface area contributed by atoms with Gasteiger partial charge in [0.05, 0.1) is 10.0 Å². The number of carbonyl (C=O) groups is 2. The van der Waals surface area contributed by atoms with Crippen LogP contribution in [0.2, 0.25) is 10.0 Å². The SMILES string of the molecule is CN=S1(=O)CCN(C(=O)c2ccc(Nc3nn(-c4c(Cl)cccc4Cl)nc3C(N)=O)cc2)CC1. The van der Waals surface area contributed by atoms with Crippen LogP contribution in [-0.4, -0.2) is 67.6 Å². The number of nitrogens with two attached hydrogens (primary N) is 1. The number of halogens is 2. The average molecular weight is 522 g/mol. The first-order valence-electron chi connectivity index (χ1n) is 10.2. The van der Waals surface area contributed by atoms with Crippen molar-refractivity contribution in [1.29, 1.82) is 0 Å². The van der Waals surface area contributed by atoms with Gasteiger partial charge in [0.1, 0.15) is 5.69 Å². The van der Waals surface area contributed by atoms with E-state index >= 15 is 0 Å². The largest absolute Gasteiger partial charge is 0.364 e. The number of amides is 2. The second-order valence-corrected chi connectivity index (χ2v) is 11.0. The van der Waals surface area contributed by atoms with E-state index in [9.17, 15) is 13.8 Å². The molecule has 0 unspecified atom stereocenters. The number of anilines is 2. The quantitative estimate of drug-likeness (QED) is 0.529. The van der Waals surface area contributed by atoms with Crippen molar-refractivity contribution in [2.75, 3.05) is 37.0 Å². The predicted molar refractivity (Wildman–Crippen MR) is 132 cm³/mol. The number of primary amides is 1. The lowest BCUT2D eigenvalue weighted by Gasteiger charge is -2.28. The highest BCUT2D eigenvalue weighted by atomic mass is 35.5. The molecule has 0 saturated carbocycles. The van der Waals surface area contributed by atoms with E-state index in [0.29, 0.717) is 51.6 Å². The summed E-state index contributed by atoms with van der Waals surface area (Å²) < 4.78 is 16.3. The summed E-state index contributed by atoms with van der Waals surface area (Å²) in [7, 11) is -0.648. The van der Waals surface area contributed by atoms with E-state index in [1.807, 2.05) is 0 Å². The summed E-state index contributed by atoms with van der Waals surface area (Å²) in [5.41, 5.74) is 6.72. The second-order valence-electron chi connectivity index (χ2n) is 7.48. The monoisotopic (exact) mass is 521 g/mol. The molecule has 1 fully saturated rings. The molecule has 0 atom stereocenters. The Labute approximate surface area is 206 Å². The Morgan fingerprint density at radius 3 is 2.24 bits per heavy atom. The number of rotatable bonds is 5. The van der Waals surface area contributed by atoms with E-state index in [4.69, 9.17) is 28.9 Å². The van der Waals surface area contributed by atoms with Gasteiger partial charge < -0.3 is 16.0 Å². The maximum Gasteiger partial charge on any atom is 0.273 e. The Morgan fingerprint density at radius 2 is 1.68 bits per heavy atom. The van der Waals surface area contributed by atoms with Gasteiger partial charge in [0.25, 0.3) is 11.8 Å². The van der Waals surface area contributed by atoms with Crippen LogP contribution in [0.3, 0.4) is 0 Å². The van der Waals surface area contributed by atoms with E-state index in [-0.39, 0.29) is 17.4 Å². The smallest absolute Gasteiger partial charge is 0.273 e. The van der Waals surface area contributed by atoms with Crippen LogP contribution in [0.15, 0.2) is 46.8 Å². The number of nitrogens with one attached hydrogen (secondary N) is 1. The average Bonchev–Trinajstić information content (AvgIpc) is 3.23. The van der Waals surface area contributed by atoms with Gasteiger partial charge in [-0.3, -0.25) is 9.59 Å². The fourth-order valence-corrected chi connectivity index (χ4v) is 5.59. The molecular weight excluding hydrogens is 501 g/mol. The Balaban J connectivity index is 1.54. The zero-order valence-corrected chi connectivity index (χ0v) is 20.4. The predicted octanol–water partition coefficient (Wildman–Crippen LogP) is 2.97. The molecule has 2 amide bonds. The van der Waals surface area contributed by atoms with Gasteiger partial charge in [0, 0.05) is 52.6 Å². The molecule has 10 nitrogen and oxygen atoms in total. The van der Waals surface area contributed by atoms with Gasteiger partial charge in [-0.15, -0.1) is 15.0 Å². The lowest BCUT2D eigenvalue weighted by Crippen LogP contribution is -2.43. The molecular formula is C21H21Cl2N7O3S. The molecule has 1 aromatic heterocycles. The van der Waals surface area contributed by atoms with Crippen LogP contribution >= 0.6 is 23.2 Å². The van der Waals surface area contributed by atoms with Crippen LogP contribution in [-0.2, 0) is 9.73 Å². The molecule has 0 bridgehead atoms. The van der Waals surface area contributed by atoms with Crippen LogP contribution in [0.4, 0.5) is 11.5 Å². The van der Waals surface area contributed by atoms with E-state index in [1.165, 1.54) is 0 Å². The molecule has 1 saturated heterocycles. The number of benzene rings is 2. The van der Waals surface area contributed by atoms with E-state index in [2.05, 4.69) is 19.9 Å². The minimum Gasteiger partial charge on any atom is -0.364 e. The maximum absolute atomic E-state index is 12.8. The molecule has 0 aliphatic carbocycles. The van der Waals surface area contributed by atoms with Crippen molar-refractivity contribution < 1.29 is 13.8 Å². The topological polar surface area (TPSA) is 136 Å². The molecule has 4 rings (SSSR count). The third-order valence-electron chi connectivity index (χ3n) is 5.36. The third kappa shape index (κ3) is 4.86. The van der Waals surface area contributed by atoms with Crippen molar-refractivity contribution in [1.82, 2.24) is 19.9 Å². The van der Waals surface area contributed by atoms with Gasteiger partial charge in [-0.1, -0.05) is 29.3 Å². The van der Waals surface area contributed by atoms with Crippen molar-refractivity contribution in [3.05, 3.63) is 63.8 Å². The van der Waals surface area contributed by atoms with Crippen LogP contribution in [0.5, 0.6) is 0 Å². The normalized spacial score (nSPS) is 15.1. The number of nitrogens with zero attached hydrogens (tertiary/aromatic N) is 5. The second kappa shape index (κ2) is 9.61. The molecule has 34 heavy (non-hydrogen) atoms. The first-order valence-corrected chi connectivity index (χ1v) is 12.8. The van der Waals surface area contributed by atoms with Crippen molar-refractivity contribution in [2.45, 2.75) is 0 Å². The molecule has 0 spiro atoms. The Bertz CT molecular complexity index is 1350. The van der Waals surface area contributed by atoms with E-state index in [1.54, 1.807) is 54.4 Å². The number of hydrogen-bond donors (Lipinski definition) is 2. The van der Waals surface area contributed by atoms with Gasteiger partial charge >= 0.3 is 0 Å². The fraction of sp³-hybridized carbons (Fsp3) is 0.238. The fourth-order valence-electron chi connectivity index (χ4n) is 3.46. The number of hydrogen-bond acceptors (Lipinski definition) is 7. The molecule has 2 heterocycles. The molecule has 2 aromatic carbocycles. The lowest BCUT2D eigenvalue weighted by molar-refractivity contribution is 0.0770. The van der Waals surface area contributed by atoms with Crippen molar-refractivity contribution in [2.24, 2.45) is 10.1 Å². The highest BCUT2D eigenvalue weighted by Crippen LogP contribution is 2.29. The third-order valence-corrected chi connectivity index (χ3v) is 8.28. The molecule has 1 aliphatic heterocycles. The summed E-state index contributed by atoms with van der Waals surface area (Å²) in [4.78, 5) is 27.6. The molecule has 0 radical (unpaired) electrons. The zero-order valence-electron chi connectivity index (χ0n) is 18.1. The minimum absolute atomic E-state index is 0.102. The minimum atomic E-state index is -2.20. The highest BCUT2D eigenvalue weighted by molar-refractivity contribution is 7.93. The Morgan fingerprint density at radius 1 is 1.06 bits per heavy atom. The van der Waals surface area contributed by atoms with Gasteiger partial charge in [0.2, 0.25) is 0 Å². The number of carbonyl (C=O) groups excluding carboxylic acids is 2. The van der Waals surface area contributed by atoms with Gasteiger partial charge in [-0.05, 0) is 36.4 Å². The van der Waals surface area contributed by atoms with E-state index in [0.717, 1.165) is 4.80 Å². The Hall–Kier alpha value is -3.15. The van der Waals surface area contributed by atoms with Gasteiger partial charge in [-0.25, -0.2) is 8.57 Å². The first-order chi connectivity index (χ1) is 16.2. The van der Waals surface area contributed by atoms with Crippen LogP contribution in [0.25, 0.3) is 5.69 Å². The summed E-state index contributed by atoms with van der Waals surface area (Å²) in [5, 5.41) is 12.0. The van der Waals surface area contributed by atoms with Crippen LogP contribution in [0.1, 0.15) is 20.8 Å². The van der Waals surface area contributed by atoms with Crippen LogP contribution < -0.4 is 11.1 Å². The lowest BCUT2D eigenvalue weighted by atomic mass is 10.1. The van der Waals surface area contributed by atoms with E-state index < -0.39 is 15.6 Å². The summed E-state index contributed by atoms with van der Waals surface area (Å²) in [5.74, 6) is -0.0895. The summed E-state index contributed by atoms with van der Waals surface area (Å²) in [6.45, 7) is 0.787. The maximum atomic E-state index is 12.8. The summed E-state index contributed by atoms with van der Waals surface area (Å²) in [6, 6.07) is 11.6. The summed E-state index contributed by atoms with van der Waals surface area (Å²) in [6.07, 6.45) is 0. The van der Waals surface area contributed by atoms with Gasteiger partial charge in [0.15, 0.2) is 11.5 Å². The Kier molecular flexibility index (Phi) is 6.78. The van der Waals surface area contributed by atoms with Gasteiger partial charge in [-0.2, -0.15) is 0 Å². The first kappa shape index (κ1) is 24.0. The van der Waals surface area contributed by atoms with Crippen molar-refractivity contribution in [3.63, 3.8) is 0 Å². The van der Waals surface area contributed by atoms with Crippen LogP contribution in [0, 0.1) is 0 Å². The molecule has 3 N–H and O–H groups in total. The zero-order chi connectivity index (χ0) is 24.5. The summed E-state index contributed by atoms with van der Waals surface area (Å²) >= 11 is 12.4. The van der Waals surface area contributed by atoms with Crippen molar-refractivity contribution >= 4 is 56.3 Å². The molecule has 13 heteroatoms. The molecule has 3 aromatic rings.